The van der Waals surface area contributed by atoms with Crippen molar-refractivity contribution in [3.05, 3.63) is 28.5 Å². The second-order valence-corrected chi connectivity index (χ2v) is 7.35. The van der Waals surface area contributed by atoms with E-state index in [1.165, 1.54) is 0 Å². The number of hydrogen-bond acceptors (Lipinski definition) is 4. The van der Waals surface area contributed by atoms with Crippen LogP contribution in [0.4, 0.5) is 0 Å². The van der Waals surface area contributed by atoms with E-state index in [9.17, 15) is 13.2 Å². The molecule has 1 aromatic rings. The minimum atomic E-state index is -3.26. The summed E-state index contributed by atoms with van der Waals surface area (Å²) < 4.78 is 25.6. The fourth-order valence-corrected chi connectivity index (χ4v) is 3.49. The smallest absolute Gasteiger partial charge is 0.256 e. The summed E-state index contributed by atoms with van der Waals surface area (Å²) in [6, 6.07) is 3.18. The third-order valence-corrected chi connectivity index (χ3v) is 4.47. The molecular formula is C12H16BrN3O3S. The predicted molar refractivity (Wildman–Crippen MR) is 78.8 cm³/mol. The van der Waals surface area contributed by atoms with Crippen LogP contribution in [0.2, 0.25) is 0 Å². The van der Waals surface area contributed by atoms with E-state index >= 15 is 0 Å². The van der Waals surface area contributed by atoms with Crippen LogP contribution in [0.3, 0.4) is 0 Å². The molecule has 8 heteroatoms. The van der Waals surface area contributed by atoms with Gasteiger partial charge in [0, 0.05) is 25.3 Å². The number of nitrogens with zero attached hydrogens (tertiary/aromatic N) is 2. The third-order valence-electron chi connectivity index (χ3n) is 3.08. The van der Waals surface area contributed by atoms with Crippen molar-refractivity contribution in [1.82, 2.24) is 14.6 Å². The first kappa shape index (κ1) is 15.4. The zero-order chi connectivity index (χ0) is 14.8. The Balaban J connectivity index is 2.09. The molecule has 20 heavy (non-hydrogen) atoms. The predicted octanol–water partition coefficient (Wildman–Crippen LogP) is 0.998. The molecular weight excluding hydrogens is 346 g/mol. The first-order valence-electron chi connectivity index (χ1n) is 6.24. The highest BCUT2D eigenvalue weighted by Gasteiger charge is 2.27. The molecule has 0 radical (unpaired) electrons. The lowest BCUT2D eigenvalue weighted by Gasteiger charge is -2.32. The highest BCUT2D eigenvalue weighted by atomic mass is 79.9. The fraction of sp³-hybridized carbons (Fsp3) is 0.500. The van der Waals surface area contributed by atoms with Crippen LogP contribution in [0.25, 0.3) is 0 Å². The van der Waals surface area contributed by atoms with Crippen LogP contribution in [-0.4, -0.2) is 49.6 Å². The average Bonchev–Trinajstić information content (AvgIpc) is 2.37. The van der Waals surface area contributed by atoms with Crippen molar-refractivity contribution in [1.29, 1.82) is 0 Å². The van der Waals surface area contributed by atoms with Gasteiger partial charge in [-0.05, 0) is 40.9 Å². The maximum atomic E-state index is 12.4. The summed E-state index contributed by atoms with van der Waals surface area (Å²) in [5.41, 5.74) is 0.493. The first-order chi connectivity index (χ1) is 9.37. The number of halogens is 1. The van der Waals surface area contributed by atoms with E-state index in [2.05, 4.69) is 25.6 Å². The van der Waals surface area contributed by atoms with Crippen molar-refractivity contribution in [2.75, 3.05) is 19.3 Å². The number of aromatic nitrogens is 1. The van der Waals surface area contributed by atoms with Gasteiger partial charge < -0.3 is 4.90 Å². The maximum absolute atomic E-state index is 12.4. The fourth-order valence-electron chi connectivity index (χ4n) is 2.28. The van der Waals surface area contributed by atoms with Gasteiger partial charge in [-0.15, -0.1) is 0 Å². The van der Waals surface area contributed by atoms with Crippen LogP contribution in [-0.2, 0) is 10.0 Å². The Morgan fingerprint density at radius 2 is 2.30 bits per heavy atom. The minimum absolute atomic E-state index is 0.134. The Labute approximate surface area is 126 Å². The highest BCUT2D eigenvalue weighted by molar-refractivity contribution is 9.10. The summed E-state index contributed by atoms with van der Waals surface area (Å²) in [7, 11) is -3.26. The Hall–Kier alpha value is -0.990. The second kappa shape index (κ2) is 6.19. The number of carbonyl (C=O) groups is 1. The van der Waals surface area contributed by atoms with Crippen molar-refractivity contribution in [2.45, 2.75) is 18.9 Å². The molecule has 1 aromatic heterocycles. The number of sulfonamides is 1. The van der Waals surface area contributed by atoms with E-state index in [1.54, 1.807) is 23.2 Å². The van der Waals surface area contributed by atoms with Gasteiger partial charge >= 0.3 is 0 Å². The molecule has 6 nitrogen and oxygen atoms in total. The lowest BCUT2D eigenvalue weighted by Crippen LogP contribution is -2.49. The van der Waals surface area contributed by atoms with E-state index in [1.807, 2.05) is 0 Å². The van der Waals surface area contributed by atoms with Gasteiger partial charge in [-0.25, -0.2) is 18.1 Å². The summed E-state index contributed by atoms with van der Waals surface area (Å²) in [5.74, 6) is -0.134. The maximum Gasteiger partial charge on any atom is 0.256 e. The van der Waals surface area contributed by atoms with Crippen molar-refractivity contribution >= 4 is 31.9 Å². The molecule has 1 amide bonds. The summed E-state index contributed by atoms with van der Waals surface area (Å²) in [6.45, 7) is 1.01. The highest BCUT2D eigenvalue weighted by Crippen LogP contribution is 2.18. The van der Waals surface area contributed by atoms with Crippen LogP contribution in [0.1, 0.15) is 23.2 Å². The van der Waals surface area contributed by atoms with E-state index in [0.29, 0.717) is 23.3 Å². The van der Waals surface area contributed by atoms with Crippen molar-refractivity contribution < 1.29 is 13.2 Å². The van der Waals surface area contributed by atoms with Crippen LogP contribution < -0.4 is 4.72 Å². The van der Waals surface area contributed by atoms with Gasteiger partial charge in [0.25, 0.3) is 5.91 Å². The van der Waals surface area contributed by atoms with Gasteiger partial charge in [0.2, 0.25) is 10.0 Å². The summed E-state index contributed by atoms with van der Waals surface area (Å²) >= 11 is 3.26. The van der Waals surface area contributed by atoms with E-state index < -0.39 is 10.0 Å². The molecule has 0 aliphatic carbocycles. The van der Waals surface area contributed by atoms with Crippen molar-refractivity contribution in [2.24, 2.45) is 0 Å². The Morgan fingerprint density at radius 3 is 2.95 bits per heavy atom. The molecule has 1 aliphatic heterocycles. The standard InChI is InChI=1S/C12H16BrN3O3S/c1-20(18,19)15-9-4-3-7-16(8-9)12(17)10-5-2-6-14-11(10)13/h2,5-6,9,15H,3-4,7-8H2,1H3. The molecule has 1 unspecified atom stereocenters. The second-order valence-electron chi connectivity index (χ2n) is 4.82. The van der Waals surface area contributed by atoms with Crippen LogP contribution in [0.5, 0.6) is 0 Å². The SMILES string of the molecule is CS(=O)(=O)NC1CCCN(C(=O)c2cccnc2Br)C1. The molecule has 0 bridgehead atoms. The molecule has 0 spiro atoms. The first-order valence-corrected chi connectivity index (χ1v) is 8.92. The average molecular weight is 362 g/mol. The van der Waals surface area contributed by atoms with E-state index in [-0.39, 0.29) is 11.9 Å². The molecule has 1 saturated heterocycles. The van der Waals surface area contributed by atoms with Crippen LogP contribution >= 0.6 is 15.9 Å². The van der Waals surface area contributed by atoms with Gasteiger partial charge in [0.05, 0.1) is 11.8 Å². The number of pyridine rings is 1. The number of amides is 1. The van der Waals surface area contributed by atoms with Crippen LogP contribution in [0, 0.1) is 0 Å². The van der Waals surface area contributed by atoms with Crippen molar-refractivity contribution in [3.63, 3.8) is 0 Å². The zero-order valence-electron chi connectivity index (χ0n) is 11.0. The summed E-state index contributed by atoms with van der Waals surface area (Å²) in [6.07, 6.45) is 4.25. The van der Waals surface area contributed by atoms with Gasteiger partial charge in [-0.1, -0.05) is 0 Å². The van der Waals surface area contributed by atoms with Crippen molar-refractivity contribution in [3.8, 4) is 0 Å². The number of carbonyl (C=O) groups excluding carboxylic acids is 1. The van der Waals surface area contributed by atoms with Crippen LogP contribution in [0.15, 0.2) is 22.9 Å². The number of hydrogen-bond donors (Lipinski definition) is 1. The van der Waals surface area contributed by atoms with Gasteiger partial charge in [-0.2, -0.15) is 0 Å². The molecule has 0 saturated carbocycles. The van der Waals surface area contributed by atoms with E-state index in [0.717, 1.165) is 19.1 Å². The molecule has 110 valence electrons. The Morgan fingerprint density at radius 1 is 1.55 bits per heavy atom. The monoisotopic (exact) mass is 361 g/mol. The summed E-state index contributed by atoms with van der Waals surface area (Å²) in [5, 5.41) is 0. The van der Waals surface area contributed by atoms with Gasteiger partial charge in [0.1, 0.15) is 4.60 Å². The molecule has 1 atom stereocenters. The lowest BCUT2D eigenvalue weighted by atomic mass is 10.1. The number of piperidine rings is 1. The topological polar surface area (TPSA) is 79.4 Å². The summed E-state index contributed by atoms with van der Waals surface area (Å²) in [4.78, 5) is 18.1. The normalized spacial score (nSPS) is 19.9. The molecule has 1 aliphatic rings. The largest absolute Gasteiger partial charge is 0.337 e. The Kier molecular flexibility index (Phi) is 4.77. The number of nitrogens with one attached hydrogen (secondary N) is 1. The zero-order valence-corrected chi connectivity index (χ0v) is 13.4. The minimum Gasteiger partial charge on any atom is -0.337 e. The molecule has 2 heterocycles. The quantitative estimate of drug-likeness (QED) is 0.814. The molecule has 2 rings (SSSR count). The molecule has 1 fully saturated rings. The Bertz CT molecular complexity index is 606. The molecule has 0 aromatic carbocycles. The lowest BCUT2D eigenvalue weighted by molar-refractivity contribution is 0.0701. The third kappa shape index (κ3) is 4.00. The van der Waals surface area contributed by atoms with E-state index in [4.69, 9.17) is 0 Å². The number of likely N-dealkylation sites (tertiary alicyclic amines) is 1. The number of rotatable bonds is 3. The van der Waals surface area contributed by atoms with Gasteiger partial charge in [-0.3, -0.25) is 4.79 Å². The van der Waals surface area contributed by atoms with Gasteiger partial charge in [0.15, 0.2) is 0 Å². The molecule has 1 N–H and O–H groups in total.